The molecule has 1 aliphatic carbocycles. The number of methoxy groups -OCH3 is 1. The minimum absolute atomic E-state index is 0.0568. The summed E-state index contributed by atoms with van der Waals surface area (Å²) in [5, 5.41) is 7.10. The Hall–Kier alpha value is -2.76. The van der Waals surface area contributed by atoms with E-state index in [0.717, 1.165) is 29.0 Å². The molecular weight excluding hydrogens is 380 g/mol. The van der Waals surface area contributed by atoms with E-state index in [1.54, 1.807) is 19.3 Å². The van der Waals surface area contributed by atoms with Gasteiger partial charge in [0.1, 0.15) is 12.4 Å². The Kier molecular flexibility index (Phi) is 7.19. The Bertz CT molecular complexity index is 883. The third kappa shape index (κ3) is 5.23. The Balaban J connectivity index is 1.62. The molecule has 6 heteroatoms. The molecule has 0 radical (unpaired) electrons. The van der Waals surface area contributed by atoms with Crippen molar-refractivity contribution in [2.45, 2.75) is 59.6 Å². The molecule has 1 aliphatic rings. The SMILES string of the molecule is COc1cc(/C=C/C(=O)NC2CCCC(C)C2C)ccc1OCc1c(C)noc1C. The molecule has 30 heavy (non-hydrogen) atoms. The number of rotatable bonds is 7. The number of hydrogen-bond donors (Lipinski definition) is 1. The maximum absolute atomic E-state index is 12.4. The third-order valence-corrected chi connectivity index (χ3v) is 6.20. The molecule has 1 amide bonds. The van der Waals surface area contributed by atoms with Gasteiger partial charge in [-0.15, -0.1) is 0 Å². The van der Waals surface area contributed by atoms with Crippen molar-refractivity contribution in [2.24, 2.45) is 11.8 Å². The van der Waals surface area contributed by atoms with Gasteiger partial charge in [-0.3, -0.25) is 4.79 Å². The molecule has 6 nitrogen and oxygen atoms in total. The second kappa shape index (κ2) is 9.83. The van der Waals surface area contributed by atoms with Crippen LogP contribution in [0.1, 0.15) is 55.7 Å². The zero-order valence-corrected chi connectivity index (χ0v) is 18.5. The van der Waals surface area contributed by atoms with Gasteiger partial charge >= 0.3 is 0 Å². The summed E-state index contributed by atoms with van der Waals surface area (Å²) in [7, 11) is 1.60. The highest BCUT2D eigenvalue weighted by molar-refractivity contribution is 5.92. The first-order chi connectivity index (χ1) is 14.4. The van der Waals surface area contributed by atoms with Gasteiger partial charge in [0.2, 0.25) is 5.91 Å². The van der Waals surface area contributed by atoms with E-state index in [2.05, 4.69) is 24.3 Å². The van der Waals surface area contributed by atoms with E-state index in [9.17, 15) is 4.79 Å². The van der Waals surface area contributed by atoms with Crippen molar-refractivity contribution in [3.8, 4) is 11.5 Å². The highest BCUT2D eigenvalue weighted by Gasteiger charge is 2.27. The minimum Gasteiger partial charge on any atom is -0.493 e. The summed E-state index contributed by atoms with van der Waals surface area (Å²) in [6.45, 7) is 8.60. The fourth-order valence-electron chi connectivity index (χ4n) is 3.95. The highest BCUT2D eigenvalue weighted by atomic mass is 16.5. The van der Waals surface area contributed by atoms with Crippen LogP contribution in [0.5, 0.6) is 11.5 Å². The van der Waals surface area contributed by atoms with Crippen molar-refractivity contribution in [2.75, 3.05) is 7.11 Å². The average molecular weight is 413 g/mol. The smallest absolute Gasteiger partial charge is 0.244 e. The van der Waals surface area contributed by atoms with Crippen LogP contribution >= 0.6 is 0 Å². The Morgan fingerprint density at radius 1 is 1.27 bits per heavy atom. The molecule has 0 aliphatic heterocycles. The first kappa shape index (κ1) is 21.9. The number of carbonyl (C=O) groups is 1. The molecule has 1 N–H and O–H groups in total. The number of carbonyl (C=O) groups excluding carboxylic acids is 1. The van der Waals surface area contributed by atoms with Gasteiger partial charge < -0.3 is 19.3 Å². The van der Waals surface area contributed by atoms with Crippen LogP contribution in [0.4, 0.5) is 0 Å². The summed E-state index contributed by atoms with van der Waals surface area (Å²) in [6.07, 6.45) is 6.86. The molecule has 1 fully saturated rings. The average Bonchev–Trinajstić information content (AvgIpc) is 3.06. The van der Waals surface area contributed by atoms with Gasteiger partial charge in [0.15, 0.2) is 11.5 Å². The Morgan fingerprint density at radius 2 is 2.07 bits per heavy atom. The number of hydrogen-bond acceptors (Lipinski definition) is 5. The quantitative estimate of drug-likeness (QED) is 0.659. The summed E-state index contributed by atoms with van der Waals surface area (Å²) >= 11 is 0. The topological polar surface area (TPSA) is 73.6 Å². The summed E-state index contributed by atoms with van der Waals surface area (Å²) in [6, 6.07) is 5.86. The van der Waals surface area contributed by atoms with Crippen LogP contribution in [0, 0.1) is 25.7 Å². The maximum atomic E-state index is 12.4. The minimum atomic E-state index is -0.0568. The number of nitrogens with zero attached hydrogens (tertiary/aromatic N) is 1. The zero-order chi connectivity index (χ0) is 21.7. The first-order valence-electron chi connectivity index (χ1n) is 10.6. The van der Waals surface area contributed by atoms with Crippen LogP contribution in [0.2, 0.25) is 0 Å². The monoisotopic (exact) mass is 412 g/mol. The largest absolute Gasteiger partial charge is 0.493 e. The first-order valence-corrected chi connectivity index (χ1v) is 10.6. The summed E-state index contributed by atoms with van der Waals surface area (Å²) in [5.41, 5.74) is 2.62. The van der Waals surface area contributed by atoms with Crippen LogP contribution in [-0.4, -0.2) is 24.2 Å². The second-order valence-electron chi connectivity index (χ2n) is 8.22. The van der Waals surface area contributed by atoms with Gasteiger partial charge in [-0.2, -0.15) is 0 Å². The van der Waals surface area contributed by atoms with Crippen LogP contribution in [0.15, 0.2) is 28.8 Å². The molecule has 3 unspecified atom stereocenters. The van der Waals surface area contributed by atoms with Crippen molar-refractivity contribution in [3.05, 3.63) is 46.9 Å². The molecule has 1 saturated carbocycles. The van der Waals surface area contributed by atoms with Crippen LogP contribution < -0.4 is 14.8 Å². The van der Waals surface area contributed by atoms with E-state index in [1.807, 2.05) is 32.0 Å². The van der Waals surface area contributed by atoms with Crippen molar-refractivity contribution in [3.63, 3.8) is 0 Å². The van der Waals surface area contributed by atoms with Crippen molar-refractivity contribution in [1.29, 1.82) is 0 Å². The van der Waals surface area contributed by atoms with E-state index >= 15 is 0 Å². The molecule has 0 saturated heterocycles. The molecule has 1 aromatic heterocycles. The lowest BCUT2D eigenvalue weighted by atomic mass is 9.78. The lowest BCUT2D eigenvalue weighted by molar-refractivity contribution is -0.117. The molecule has 162 valence electrons. The van der Waals surface area contributed by atoms with Crippen LogP contribution in [-0.2, 0) is 11.4 Å². The van der Waals surface area contributed by atoms with Crippen LogP contribution in [0.25, 0.3) is 6.08 Å². The van der Waals surface area contributed by atoms with E-state index < -0.39 is 0 Å². The molecule has 0 spiro atoms. The van der Waals surface area contributed by atoms with Gasteiger partial charge in [-0.05, 0) is 55.9 Å². The van der Waals surface area contributed by atoms with Gasteiger partial charge in [0, 0.05) is 12.1 Å². The predicted octanol–water partition coefficient (Wildman–Crippen LogP) is 4.83. The number of aromatic nitrogens is 1. The molecular formula is C24H32N2O4. The van der Waals surface area contributed by atoms with E-state index in [4.69, 9.17) is 14.0 Å². The molecule has 0 bridgehead atoms. The molecule has 1 heterocycles. The maximum Gasteiger partial charge on any atom is 0.244 e. The van der Waals surface area contributed by atoms with E-state index in [-0.39, 0.29) is 11.9 Å². The van der Waals surface area contributed by atoms with Gasteiger partial charge in [-0.25, -0.2) is 0 Å². The van der Waals surface area contributed by atoms with Crippen molar-refractivity contribution < 1.29 is 18.8 Å². The lowest BCUT2D eigenvalue weighted by Crippen LogP contribution is -2.43. The fraction of sp³-hybridized carbons (Fsp3) is 0.500. The zero-order valence-electron chi connectivity index (χ0n) is 18.5. The summed E-state index contributed by atoms with van der Waals surface area (Å²) in [4.78, 5) is 12.4. The third-order valence-electron chi connectivity index (χ3n) is 6.20. The van der Waals surface area contributed by atoms with Crippen LogP contribution in [0.3, 0.4) is 0 Å². The fourth-order valence-corrected chi connectivity index (χ4v) is 3.95. The lowest BCUT2D eigenvalue weighted by Gasteiger charge is -2.34. The normalized spacial score (nSPS) is 21.6. The summed E-state index contributed by atoms with van der Waals surface area (Å²) < 4.78 is 16.6. The number of aryl methyl sites for hydroxylation is 2. The number of amides is 1. The predicted molar refractivity (Wildman–Crippen MR) is 116 cm³/mol. The molecule has 3 atom stereocenters. The van der Waals surface area contributed by atoms with Gasteiger partial charge in [0.05, 0.1) is 18.4 Å². The Morgan fingerprint density at radius 3 is 2.77 bits per heavy atom. The molecule has 3 rings (SSSR count). The van der Waals surface area contributed by atoms with E-state index in [1.165, 1.54) is 12.8 Å². The van der Waals surface area contributed by atoms with Gasteiger partial charge in [-0.1, -0.05) is 37.9 Å². The second-order valence-corrected chi connectivity index (χ2v) is 8.22. The summed E-state index contributed by atoms with van der Waals surface area (Å²) in [5.74, 6) is 3.08. The molecule has 2 aromatic rings. The number of ether oxygens (including phenoxy) is 2. The number of nitrogens with one attached hydrogen (secondary N) is 1. The van der Waals surface area contributed by atoms with E-state index in [0.29, 0.717) is 29.9 Å². The highest BCUT2D eigenvalue weighted by Crippen LogP contribution is 2.31. The van der Waals surface area contributed by atoms with Crippen molar-refractivity contribution in [1.82, 2.24) is 10.5 Å². The van der Waals surface area contributed by atoms with Gasteiger partial charge in [0.25, 0.3) is 0 Å². The molecule has 1 aromatic carbocycles. The number of benzene rings is 1. The van der Waals surface area contributed by atoms with Crippen molar-refractivity contribution >= 4 is 12.0 Å². The standard InChI is InChI=1S/C24H32N2O4/c1-15-7-6-8-21(16(15)2)25-24(27)12-10-19-9-11-22(23(13-19)28-5)29-14-20-17(3)26-30-18(20)4/h9-13,15-16,21H,6-8,14H2,1-5H3,(H,25,27)/b12-10+. The Labute approximate surface area is 178 Å².